The molecule has 2 amide bonds. The molecule has 0 unspecified atom stereocenters. The number of esters is 1. The maximum Gasteiger partial charge on any atom is 0.353 e. The van der Waals surface area contributed by atoms with Crippen molar-refractivity contribution in [2.75, 3.05) is 12.4 Å². The van der Waals surface area contributed by atoms with E-state index in [1.807, 2.05) is 6.07 Å². The third kappa shape index (κ3) is 4.46. The molecule has 0 saturated heterocycles. The maximum atomic E-state index is 13.0. The van der Waals surface area contributed by atoms with Crippen LogP contribution in [0.3, 0.4) is 0 Å². The highest BCUT2D eigenvalue weighted by atomic mass is 16.5. The van der Waals surface area contributed by atoms with Crippen LogP contribution in [0.25, 0.3) is 27.7 Å². The molecule has 2 aromatic carbocycles. The lowest BCUT2D eigenvalue weighted by atomic mass is 10.0. The minimum absolute atomic E-state index is 0.176. The first-order valence-corrected chi connectivity index (χ1v) is 9.39. The average Bonchev–Trinajstić information content (AvgIpc) is 2.78. The SMILES string of the molecule is C=C(NC(=O)C(=C)n1cnc2c(-c3ccc(NC(C)=O)cc3)cccc2c1=O)C(=O)OC. The first-order chi connectivity index (χ1) is 15.2. The molecule has 2 N–H and O–H groups in total. The van der Waals surface area contributed by atoms with Crippen molar-refractivity contribution in [2.45, 2.75) is 6.92 Å². The lowest BCUT2D eigenvalue weighted by molar-refractivity contribution is -0.137. The molecule has 0 atom stereocenters. The van der Waals surface area contributed by atoms with Crippen molar-refractivity contribution in [1.82, 2.24) is 14.9 Å². The number of nitrogens with zero attached hydrogens (tertiary/aromatic N) is 2. The van der Waals surface area contributed by atoms with Crippen molar-refractivity contribution >= 4 is 40.1 Å². The Balaban J connectivity index is 1.96. The van der Waals surface area contributed by atoms with E-state index in [-0.39, 0.29) is 22.7 Å². The number of nitrogens with one attached hydrogen (secondary N) is 2. The molecule has 3 aromatic rings. The number of para-hydroxylation sites is 1. The number of fused-ring (bicyclic) bond motifs is 1. The Morgan fingerprint density at radius 3 is 2.38 bits per heavy atom. The van der Waals surface area contributed by atoms with Crippen LogP contribution in [0.15, 0.2) is 72.4 Å². The van der Waals surface area contributed by atoms with Crippen LogP contribution in [0, 0.1) is 0 Å². The van der Waals surface area contributed by atoms with Crippen molar-refractivity contribution < 1.29 is 19.1 Å². The Hall–Kier alpha value is -4.53. The summed E-state index contributed by atoms with van der Waals surface area (Å²) in [6.45, 7) is 8.46. The molecular weight excluding hydrogens is 412 g/mol. The minimum atomic E-state index is -0.815. The molecule has 0 saturated carbocycles. The van der Waals surface area contributed by atoms with Crippen molar-refractivity contribution in [3.63, 3.8) is 0 Å². The topological polar surface area (TPSA) is 119 Å². The molecule has 0 radical (unpaired) electrons. The number of hydrogen-bond acceptors (Lipinski definition) is 6. The Bertz CT molecular complexity index is 1320. The number of hydrogen-bond donors (Lipinski definition) is 2. The van der Waals surface area contributed by atoms with Crippen LogP contribution in [0.5, 0.6) is 0 Å². The standard InChI is InChI=1S/C23H20N4O5/c1-13(23(31)32-4)25-21(29)14(2)27-12-24-20-18(6-5-7-19(20)22(27)30)16-8-10-17(11-9-16)26-15(3)28/h5-12H,1-2H2,3-4H3,(H,25,29)(H,26,28). The fraction of sp³-hybridized carbons (Fsp3) is 0.0870. The number of carbonyl (C=O) groups excluding carboxylic acids is 3. The van der Waals surface area contributed by atoms with Gasteiger partial charge in [-0.15, -0.1) is 0 Å². The number of carbonyl (C=O) groups is 3. The molecule has 32 heavy (non-hydrogen) atoms. The van der Waals surface area contributed by atoms with Crippen LogP contribution in [-0.4, -0.2) is 34.4 Å². The summed E-state index contributed by atoms with van der Waals surface area (Å²) < 4.78 is 5.47. The van der Waals surface area contributed by atoms with E-state index in [9.17, 15) is 19.2 Å². The van der Waals surface area contributed by atoms with Crippen LogP contribution in [0.1, 0.15) is 6.92 Å². The van der Waals surface area contributed by atoms with Gasteiger partial charge in [0.25, 0.3) is 11.5 Å². The molecule has 1 aromatic heterocycles. The first kappa shape index (κ1) is 22.2. The molecule has 3 rings (SSSR count). The van der Waals surface area contributed by atoms with Gasteiger partial charge in [-0.2, -0.15) is 0 Å². The van der Waals surface area contributed by atoms with Gasteiger partial charge in [-0.05, 0) is 23.8 Å². The Morgan fingerprint density at radius 1 is 1.06 bits per heavy atom. The van der Waals surface area contributed by atoms with E-state index >= 15 is 0 Å². The van der Waals surface area contributed by atoms with Crippen molar-refractivity contribution in [1.29, 1.82) is 0 Å². The van der Waals surface area contributed by atoms with Gasteiger partial charge in [-0.3, -0.25) is 19.0 Å². The minimum Gasteiger partial charge on any atom is -0.464 e. The number of ether oxygens (including phenoxy) is 1. The van der Waals surface area contributed by atoms with E-state index in [0.29, 0.717) is 16.8 Å². The molecular formula is C23H20N4O5. The summed E-state index contributed by atoms with van der Waals surface area (Å²) in [5, 5.41) is 5.20. The van der Waals surface area contributed by atoms with E-state index in [1.54, 1.807) is 36.4 Å². The highest BCUT2D eigenvalue weighted by Gasteiger charge is 2.17. The second kappa shape index (κ2) is 9.09. The number of benzene rings is 2. The van der Waals surface area contributed by atoms with Gasteiger partial charge in [0.2, 0.25) is 5.91 Å². The normalized spacial score (nSPS) is 10.3. The molecule has 0 fully saturated rings. The highest BCUT2D eigenvalue weighted by Crippen LogP contribution is 2.27. The van der Waals surface area contributed by atoms with Crippen LogP contribution >= 0.6 is 0 Å². The summed E-state index contributed by atoms with van der Waals surface area (Å²) in [5.41, 5.74) is 1.55. The second-order valence-electron chi connectivity index (χ2n) is 6.75. The summed E-state index contributed by atoms with van der Waals surface area (Å²) in [6, 6.07) is 12.2. The molecule has 0 aliphatic heterocycles. The van der Waals surface area contributed by atoms with E-state index in [1.165, 1.54) is 13.3 Å². The van der Waals surface area contributed by atoms with E-state index in [2.05, 4.69) is 33.5 Å². The second-order valence-corrected chi connectivity index (χ2v) is 6.75. The van der Waals surface area contributed by atoms with Crippen molar-refractivity contribution in [3.05, 3.63) is 78.0 Å². The van der Waals surface area contributed by atoms with Gasteiger partial charge in [0, 0.05) is 18.2 Å². The Labute approximate surface area is 183 Å². The third-order valence-corrected chi connectivity index (χ3v) is 4.55. The van der Waals surface area contributed by atoms with Gasteiger partial charge >= 0.3 is 5.97 Å². The molecule has 0 aliphatic rings. The van der Waals surface area contributed by atoms with Crippen molar-refractivity contribution in [3.8, 4) is 11.1 Å². The van der Waals surface area contributed by atoms with Gasteiger partial charge in [0.05, 0.1) is 18.0 Å². The summed E-state index contributed by atoms with van der Waals surface area (Å²) in [6.07, 6.45) is 1.20. The largest absolute Gasteiger partial charge is 0.464 e. The predicted molar refractivity (Wildman–Crippen MR) is 120 cm³/mol. The monoisotopic (exact) mass is 432 g/mol. The molecule has 0 aliphatic carbocycles. The zero-order valence-corrected chi connectivity index (χ0v) is 17.5. The van der Waals surface area contributed by atoms with Crippen LogP contribution < -0.4 is 16.2 Å². The number of aromatic nitrogens is 2. The maximum absolute atomic E-state index is 13.0. The van der Waals surface area contributed by atoms with E-state index in [4.69, 9.17) is 0 Å². The van der Waals surface area contributed by atoms with Crippen molar-refractivity contribution in [2.24, 2.45) is 0 Å². The molecule has 0 bridgehead atoms. The molecule has 9 heteroatoms. The fourth-order valence-electron chi connectivity index (χ4n) is 3.01. The highest BCUT2D eigenvalue weighted by molar-refractivity contribution is 6.15. The summed E-state index contributed by atoms with van der Waals surface area (Å²) in [4.78, 5) is 52.4. The third-order valence-electron chi connectivity index (χ3n) is 4.55. The number of amides is 2. The van der Waals surface area contributed by atoms with Gasteiger partial charge < -0.3 is 15.4 Å². The fourth-order valence-corrected chi connectivity index (χ4v) is 3.01. The Morgan fingerprint density at radius 2 is 1.75 bits per heavy atom. The molecule has 0 spiro atoms. The lowest BCUT2D eigenvalue weighted by Gasteiger charge is -2.12. The zero-order chi connectivity index (χ0) is 23.4. The van der Waals surface area contributed by atoms with Gasteiger partial charge in [0.15, 0.2) is 0 Å². The van der Waals surface area contributed by atoms with Gasteiger partial charge in [-0.1, -0.05) is 37.4 Å². The summed E-state index contributed by atoms with van der Waals surface area (Å²) in [5.74, 6) is -1.79. The smallest absolute Gasteiger partial charge is 0.353 e. The molecule has 1 heterocycles. The number of anilines is 1. The Kier molecular flexibility index (Phi) is 6.29. The average molecular weight is 432 g/mol. The number of methoxy groups -OCH3 is 1. The summed E-state index contributed by atoms with van der Waals surface area (Å²) in [7, 11) is 1.15. The van der Waals surface area contributed by atoms with E-state index in [0.717, 1.165) is 17.2 Å². The lowest BCUT2D eigenvalue weighted by Crippen LogP contribution is -2.32. The first-order valence-electron chi connectivity index (χ1n) is 9.39. The van der Waals surface area contributed by atoms with Crippen LogP contribution in [-0.2, 0) is 19.1 Å². The van der Waals surface area contributed by atoms with Gasteiger partial charge in [0.1, 0.15) is 17.7 Å². The number of rotatable bonds is 6. The van der Waals surface area contributed by atoms with Crippen LogP contribution in [0.2, 0.25) is 0 Å². The van der Waals surface area contributed by atoms with Gasteiger partial charge in [-0.25, -0.2) is 9.78 Å². The quantitative estimate of drug-likeness (QED) is 0.456. The van der Waals surface area contributed by atoms with Crippen LogP contribution in [0.4, 0.5) is 5.69 Å². The predicted octanol–water partition coefficient (Wildman–Crippen LogP) is 2.30. The van der Waals surface area contributed by atoms with E-state index < -0.39 is 17.4 Å². The zero-order valence-electron chi connectivity index (χ0n) is 17.5. The molecule has 9 nitrogen and oxygen atoms in total. The molecule has 162 valence electrons. The summed E-state index contributed by atoms with van der Waals surface area (Å²) >= 11 is 0.